The van der Waals surface area contributed by atoms with E-state index in [-0.39, 0.29) is 23.4 Å². The summed E-state index contributed by atoms with van der Waals surface area (Å²) in [5, 5.41) is 12.1. The second-order valence-corrected chi connectivity index (χ2v) is 9.41. The number of benzene rings is 3. The van der Waals surface area contributed by atoms with Crippen LogP contribution in [0.25, 0.3) is 0 Å². The fourth-order valence-corrected chi connectivity index (χ4v) is 4.28. The number of methoxy groups -OCH3 is 1. The Balaban J connectivity index is 1.69. The lowest BCUT2D eigenvalue weighted by atomic mass is 10.0. The predicted molar refractivity (Wildman–Crippen MR) is 136 cm³/mol. The van der Waals surface area contributed by atoms with Crippen LogP contribution in [0.15, 0.2) is 60.7 Å². The second kappa shape index (κ2) is 10.3. The van der Waals surface area contributed by atoms with Crippen LogP contribution in [-0.2, 0) is 22.3 Å². The highest BCUT2D eigenvalue weighted by molar-refractivity contribution is 6.23. The molecule has 1 aliphatic rings. The van der Waals surface area contributed by atoms with Crippen molar-refractivity contribution >= 4 is 35.0 Å². The van der Waals surface area contributed by atoms with E-state index >= 15 is 0 Å². The third-order valence-electron chi connectivity index (χ3n) is 6.48. The molecule has 1 fully saturated rings. The van der Waals surface area contributed by atoms with E-state index in [1.807, 2.05) is 0 Å². The van der Waals surface area contributed by atoms with Gasteiger partial charge in [-0.3, -0.25) is 4.79 Å². The molecule has 3 aromatic rings. The van der Waals surface area contributed by atoms with Crippen LogP contribution in [0.3, 0.4) is 0 Å². The van der Waals surface area contributed by atoms with E-state index in [0.29, 0.717) is 22.2 Å². The minimum Gasteiger partial charge on any atom is -0.465 e. The van der Waals surface area contributed by atoms with Gasteiger partial charge >= 0.3 is 18.2 Å². The number of hydrogen-bond donors (Lipinski definition) is 1. The van der Waals surface area contributed by atoms with Crippen LogP contribution in [0, 0.1) is 17.1 Å². The molecule has 1 N–H and O–H groups in total. The number of halogens is 4. The van der Waals surface area contributed by atoms with E-state index in [0.717, 1.165) is 23.1 Å². The van der Waals surface area contributed by atoms with E-state index in [1.54, 1.807) is 18.2 Å². The number of carbonyl (C=O) groups is 3. The fourth-order valence-electron chi connectivity index (χ4n) is 4.28. The molecule has 0 unspecified atom stereocenters. The molecule has 0 radical (unpaired) electrons. The fraction of sp³-hybridized carbons (Fsp3) is 0.214. The number of amides is 3. The highest BCUT2D eigenvalue weighted by Gasteiger charge is 2.53. The third kappa shape index (κ3) is 5.18. The minimum absolute atomic E-state index is 0.231. The van der Waals surface area contributed by atoms with Gasteiger partial charge in [0.1, 0.15) is 11.4 Å². The first kappa shape index (κ1) is 28.1. The van der Waals surface area contributed by atoms with Crippen molar-refractivity contribution in [2.45, 2.75) is 32.1 Å². The highest BCUT2D eigenvalue weighted by Crippen LogP contribution is 2.42. The average molecular weight is 555 g/mol. The number of ether oxygens (including phenoxy) is 1. The number of urea groups is 1. The van der Waals surface area contributed by atoms with Crippen molar-refractivity contribution in [2.24, 2.45) is 0 Å². The number of imide groups is 1. The van der Waals surface area contributed by atoms with Crippen LogP contribution in [0.4, 0.5) is 39.4 Å². The largest absolute Gasteiger partial charge is 0.465 e. The van der Waals surface area contributed by atoms with Gasteiger partial charge < -0.3 is 15.0 Å². The standard InChI is InChI=1S/C28H22F4N4O4/c1-27(2)25(38)36(23-11-4-16(14-33)12-21(23)28(30,31)32)26(39)35(27)15-18-5-8-19(29)13-22(18)34-20-9-6-17(7-10-20)24(37)40-3/h4-13,34H,15H2,1-3H3. The van der Waals surface area contributed by atoms with Gasteiger partial charge in [-0.25, -0.2) is 18.9 Å². The zero-order valence-electron chi connectivity index (χ0n) is 21.5. The Morgan fingerprint density at radius 1 is 1.05 bits per heavy atom. The molecule has 0 atom stereocenters. The molecule has 1 aliphatic heterocycles. The number of carbonyl (C=O) groups excluding carboxylic acids is 3. The Bertz CT molecular complexity index is 1550. The lowest BCUT2D eigenvalue weighted by molar-refractivity contribution is -0.137. The molecule has 1 saturated heterocycles. The smallest absolute Gasteiger partial charge is 0.418 e. The van der Waals surface area contributed by atoms with Gasteiger partial charge in [-0.05, 0) is 74.0 Å². The Morgan fingerprint density at radius 2 is 1.73 bits per heavy atom. The highest BCUT2D eigenvalue weighted by atomic mass is 19.4. The summed E-state index contributed by atoms with van der Waals surface area (Å²) in [5.74, 6) is -2.05. The van der Waals surface area contributed by atoms with Gasteiger partial charge in [0.25, 0.3) is 5.91 Å². The summed E-state index contributed by atoms with van der Waals surface area (Å²) in [6.07, 6.45) is -4.95. The molecule has 40 heavy (non-hydrogen) atoms. The number of hydrogen-bond acceptors (Lipinski definition) is 6. The van der Waals surface area contributed by atoms with Crippen molar-refractivity contribution < 1.29 is 36.7 Å². The maximum Gasteiger partial charge on any atom is 0.418 e. The first-order valence-corrected chi connectivity index (χ1v) is 11.8. The summed E-state index contributed by atoms with van der Waals surface area (Å²) in [4.78, 5) is 40.1. The number of esters is 1. The molecule has 0 aromatic heterocycles. The summed E-state index contributed by atoms with van der Waals surface area (Å²) in [5.41, 5.74) is -2.49. The SMILES string of the molecule is COC(=O)c1ccc(Nc2cc(F)ccc2CN2C(=O)N(c3ccc(C#N)cc3C(F)(F)F)C(=O)C2(C)C)cc1. The number of alkyl halides is 3. The zero-order valence-corrected chi connectivity index (χ0v) is 21.5. The number of anilines is 3. The maximum absolute atomic E-state index is 14.2. The Labute approximate surface area is 226 Å². The van der Waals surface area contributed by atoms with E-state index < -0.39 is 46.7 Å². The van der Waals surface area contributed by atoms with Gasteiger partial charge in [0.15, 0.2) is 0 Å². The molecule has 0 saturated carbocycles. The Morgan fingerprint density at radius 3 is 2.33 bits per heavy atom. The van der Waals surface area contributed by atoms with Crippen LogP contribution in [0.5, 0.6) is 0 Å². The molecule has 8 nitrogen and oxygen atoms in total. The van der Waals surface area contributed by atoms with Gasteiger partial charge in [-0.1, -0.05) is 6.07 Å². The van der Waals surface area contributed by atoms with Crippen molar-refractivity contribution in [3.8, 4) is 6.07 Å². The minimum atomic E-state index is -4.95. The molecule has 0 spiro atoms. The molecular formula is C28H22F4N4O4. The third-order valence-corrected chi connectivity index (χ3v) is 6.48. The molecule has 206 valence electrons. The van der Waals surface area contributed by atoms with Crippen molar-refractivity contribution in [3.05, 3.63) is 88.7 Å². The van der Waals surface area contributed by atoms with Gasteiger partial charge in [0.2, 0.25) is 0 Å². The van der Waals surface area contributed by atoms with Gasteiger partial charge in [-0.2, -0.15) is 18.4 Å². The normalized spacial score (nSPS) is 14.8. The van der Waals surface area contributed by atoms with Crippen molar-refractivity contribution in [1.29, 1.82) is 5.26 Å². The van der Waals surface area contributed by atoms with E-state index in [1.165, 1.54) is 45.2 Å². The van der Waals surface area contributed by atoms with Crippen LogP contribution >= 0.6 is 0 Å². The Kier molecular flexibility index (Phi) is 7.26. The van der Waals surface area contributed by atoms with Crippen molar-refractivity contribution in [1.82, 2.24) is 4.90 Å². The van der Waals surface area contributed by atoms with Gasteiger partial charge in [0, 0.05) is 11.4 Å². The number of rotatable bonds is 6. The second-order valence-electron chi connectivity index (χ2n) is 9.41. The molecule has 4 rings (SSSR count). The van der Waals surface area contributed by atoms with Crippen LogP contribution < -0.4 is 10.2 Å². The number of nitrogens with zero attached hydrogens (tertiary/aromatic N) is 3. The van der Waals surface area contributed by atoms with Crippen molar-refractivity contribution in [2.75, 3.05) is 17.3 Å². The molecular weight excluding hydrogens is 532 g/mol. The molecule has 1 heterocycles. The van der Waals surface area contributed by atoms with Crippen LogP contribution in [0.1, 0.15) is 40.9 Å². The van der Waals surface area contributed by atoms with E-state index in [9.17, 15) is 31.9 Å². The molecule has 3 aromatic carbocycles. The summed E-state index contributed by atoms with van der Waals surface area (Å²) in [6.45, 7) is 2.53. The van der Waals surface area contributed by atoms with E-state index in [2.05, 4.69) is 10.1 Å². The number of nitriles is 1. The van der Waals surface area contributed by atoms with E-state index in [4.69, 9.17) is 5.26 Å². The lowest BCUT2D eigenvalue weighted by Gasteiger charge is -2.28. The predicted octanol–water partition coefficient (Wildman–Crippen LogP) is 5.99. The topological polar surface area (TPSA) is 103 Å². The molecule has 0 aliphatic carbocycles. The average Bonchev–Trinajstić information content (AvgIpc) is 3.08. The van der Waals surface area contributed by atoms with Crippen LogP contribution in [0.2, 0.25) is 0 Å². The zero-order chi connectivity index (χ0) is 29.4. The molecule has 12 heteroatoms. The molecule has 3 amide bonds. The number of nitrogens with one attached hydrogen (secondary N) is 1. The molecule has 0 bridgehead atoms. The van der Waals surface area contributed by atoms with Crippen molar-refractivity contribution in [3.63, 3.8) is 0 Å². The summed E-state index contributed by atoms with van der Waals surface area (Å²) < 4.78 is 60.4. The Hall–Kier alpha value is -4.92. The van der Waals surface area contributed by atoms with Gasteiger partial charge in [-0.15, -0.1) is 0 Å². The quantitative estimate of drug-likeness (QED) is 0.228. The first-order chi connectivity index (χ1) is 18.8. The van der Waals surface area contributed by atoms with Crippen LogP contribution in [-0.4, -0.2) is 35.5 Å². The lowest BCUT2D eigenvalue weighted by Crippen LogP contribution is -2.43. The first-order valence-electron chi connectivity index (χ1n) is 11.8. The monoisotopic (exact) mass is 554 g/mol. The summed E-state index contributed by atoms with van der Waals surface area (Å²) in [6, 6.07) is 13.0. The maximum atomic E-state index is 14.2. The summed E-state index contributed by atoms with van der Waals surface area (Å²) >= 11 is 0. The summed E-state index contributed by atoms with van der Waals surface area (Å²) in [7, 11) is 1.24. The van der Waals surface area contributed by atoms with Gasteiger partial charge in [0.05, 0.1) is 42.1 Å².